The molecule has 1 saturated heterocycles. The van der Waals surface area contributed by atoms with Crippen LogP contribution in [0.2, 0.25) is 0 Å². The number of carbonyl (C=O) groups excluding carboxylic acids is 2. The van der Waals surface area contributed by atoms with Crippen molar-refractivity contribution in [2.45, 2.75) is 26.3 Å². The fourth-order valence-electron chi connectivity index (χ4n) is 3.57. The predicted molar refractivity (Wildman–Crippen MR) is 111 cm³/mol. The lowest BCUT2D eigenvalue weighted by Crippen LogP contribution is -2.45. The van der Waals surface area contributed by atoms with Gasteiger partial charge >= 0.3 is 0 Å². The fraction of sp³-hybridized carbons (Fsp3) is 0.318. The van der Waals surface area contributed by atoms with Crippen LogP contribution in [0.4, 0.5) is 0 Å². The Hall–Kier alpha value is -2.93. The lowest BCUT2D eigenvalue weighted by molar-refractivity contribution is -0.126. The van der Waals surface area contributed by atoms with Gasteiger partial charge in [-0.3, -0.25) is 9.59 Å². The first-order valence-electron chi connectivity index (χ1n) is 9.71. The molecule has 0 bridgehead atoms. The number of aromatic nitrogens is 1. The third-order valence-corrected chi connectivity index (χ3v) is 5.96. The smallest absolute Gasteiger partial charge is 0.257 e. The third-order valence-electron chi connectivity index (χ3n) is 5.18. The maximum Gasteiger partial charge on any atom is 0.257 e. The van der Waals surface area contributed by atoms with E-state index in [4.69, 9.17) is 4.42 Å². The van der Waals surface area contributed by atoms with Crippen LogP contribution < -0.4 is 5.32 Å². The Balaban J connectivity index is 1.31. The minimum atomic E-state index is -0.183. The number of likely N-dealkylation sites (tertiary alicyclic amines) is 1. The Kier molecular flexibility index (Phi) is 5.76. The first-order chi connectivity index (χ1) is 14.1. The van der Waals surface area contributed by atoms with Crippen molar-refractivity contribution in [3.05, 3.63) is 64.4 Å². The van der Waals surface area contributed by atoms with Crippen LogP contribution in [0.25, 0.3) is 11.3 Å². The summed E-state index contributed by atoms with van der Waals surface area (Å²) in [5, 5.41) is 6.11. The van der Waals surface area contributed by atoms with Gasteiger partial charge < -0.3 is 14.6 Å². The van der Waals surface area contributed by atoms with Gasteiger partial charge in [0.2, 0.25) is 5.91 Å². The Bertz CT molecular complexity index is 979. The topological polar surface area (TPSA) is 75.4 Å². The SMILES string of the molecule is Cc1nc(-c2ccc(CNC(=O)[C@@H]3CCCN(C(=O)c4ccoc4)C3)cc2)cs1. The van der Waals surface area contributed by atoms with Crippen LogP contribution in [0.5, 0.6) is 0 Å². The van der Waals surface area contributed by atoms with Gasteiger partial charge in [-0.25, -0.2) is 4.98 Å². The summed E-state index contributed by atoms with van der Waals surface area (Å²) in [6.07, 6.45) is 4.55. The molecule has 7 heteroatoms. The molecule has 3 heterocycles. The second-order valence-electron chi connectivity index (χ2n) is 7.27. The van der Waals surface area contributed by atoms with Gasteiger partial charge in [0, 0.05) is 30.6 Å². The number of hydrogen-bond donors (Lipinski definition) is 1. The third kappa shape index (κ3) is 4.56. The molecule has 0 unspecified atom stereocenters. The van der Waals surface area contributed by atoms with Gasteiger partial charge in [0.1, 0.15) is 6.26 Å². The average Bonchev–Trinajstić information content (AvgIpc) is 3.44. The largest absolute Gasteiger partial charge is 0.472 e. The number of nitrogens with zero attached hydrogens (tertiary/aromatic N) is 2. The second kappa shape index (κ2) is 8.61. The van der Waals surface area contributed by atoms with E-state index in [0.717, 1.165) is 34.7 Å². The molecule has 2 amide bonds. The monoisotopic (exact) mass is 409 g/mol. The van der Waals surface area contributed by atoms with Crippen LogP contribution in [0.3, 0.4) is 0 Å². The summed E-state index contributed by atoms with van der Waals surface area (Å²) in [6.45, 7) is 3.58. The molecule has 4 rings (SSSR count). The van der Waals surface area contributed by atoms with Crippen molar-refractivity contribution in [2.75, 3.05) is 13.1 Å². The molecule has 1 aliphatic rings. The lowest BCUT2D eigenvalue weighted by Gasteiger charge is -2.31. The summed E-state index contributed by atoms with van der Waals surface area (Å²) in [6, 6.07) is 9.74. The Morgan fingerprint density at radius 3 is 2.79 bits per heavy atom. The lowest BCUT2D eigenvalue weighted by atomic mass is 9.96. The van der Waals surface area contributed by atoms with Gasteiger partial charge in [0.05, 0.1) is 28.4 Å². The van der Waals surface area contributed by atoms with Gasteiger partial charge in [-0.1, -0.05) is 24.3 Å². The molecule has 29 heavy (non-hydrogen) atoms. The molecule has 3 aromatic rings. The number of carbonyl (C=O) groups is 2. The molecule has 6 nitrogen and oxygen atoms in total. The summed E-state index contributed by atoms with van der Waals surface area (Å²) >= 11 is 1.63. The number of nitrogens with one attached hydrogen (secondary N) is 1. The van der Waals surface area contributed by atoms with E-state index < -0.39 is 0 Å². The van der Waals surface area contributed by atoms with Crippen LogP contribution in [0.15, 0.2) is 52.7 Å². The normalized spacial score (nSPS) is 16.6. The minimum absolute atomic E-state index is 0.00565. The van der Waals surface area contributed by atoms with E-state index in [2.05, 4.69) is 10.3 Å². The van der Waals surface area contributed by atoms with E-state index >= 15 is 0 Å². The minimum Gasteiger partial charge on any atom is -0.472 e. The van der Waals surface area contributed by atoms with Crippen molar-refractivity contribution in [3.8, 4) is 11.3 Å². The number of aryl methyl sites for hydroxylation is 1. The van der Waals surface area contributed by atoms with Gasteiger partial charge in [0.15, 0.2) is 0 Å². The molecular formula is C22H23N3O3S. The molecule has 1 fully saturated rings. The molecule has 0 spiro atoms. The van der Waals surface area contributed by atoms with E-state index in [0.29, 0.717) is 25.2 Å². The van der Waals surface area contributed by atoms with E-state index in [1.807, 2.05) is 36.6 Å². The maximum absolute atomic E-state index is 12.6. The molecule has 1 atom stereocenters. The van der Waals surface area contributed by atoms with Gasteiger partial charge in [-0.15, -0.1) is 11.3 Å². The number of thiazole rings is 1. The highest BCUT2D eigenvalue weighted by atomic mass is 32.1. The molecule has 0 radical (unpaired) electrons. The highest BCUT2D eigenvalue weighted by molar-refractivity contribution is 7.09. The molecule has 1 aromatic carbocycles. The molecular weight excluding hydrogens is 386 g/mol. The standard InChI is InChI=1S/C22H23N3O3S/c1-15-24-20(14-29-15)17-6-4-16(5-7-17)11-23-21(26)18-3-2-9-25(12-18)22(27)19-8-10-28-13-19/h4-8,10,13-14,18H,2-3,9,11-12H2,1H3,(H,23,26)/t18-/m1/s1. The van der Waals surface area contributed by atoms with E-state index in [9.17, 15) is 9.59 Å². The number of amides is 2. The van der Waals surface area contributed by atoms with Crippen molar-refractivity contribution in [1.82, 2.24) is 15.2 Å². The number of hydrogen-bond acceptors (Lipinski definition) is 5. The molecule has 1 aliphatic heterocycles. The molecule has 150 valence electrons. The summed E-state index contributed by atoms with van der Waals surface area (Å²) in [7, 11) is 0. The second-order valence-corrected chi connectivity index (χ2v) is 8.33. The molecule has 1 N–H and O–H groups in total. The van der Waals surface area contributed by atoms with Gasteiger partial charge in [0.25, 0.3) is 5.91 Å². The fourth-order valence-corrected chi connectivity index (χ4v) is 4.19. The number of benzene rings is 1. The molecule has 0 aliphatic carbocycles. The van der Waals surface area contributed by atoms with Crippen molar-refractivity contribution < 1.29 is 14.0 Å². The van der Waals surface area contributed by atoms with Crippen LogP contribution in [-0.2, 0) is 11.3 Å². The van der Waals surface area contributed by atoms with Crippen molar-refractivity contribution in [1.29, 1.82) is 0 Å². The van der Waals surface area contributed by atoms with E-state index in [-0.39, 0.29) is 17.7 Å². The number of rotatable bonds is 5. The van der Waals surface area contributed by atoms with Crippen molar-refractivity contribution in [3.63, 3.8) is 0 Å². The average molecular weight is 410 g/mol. The number of piperidine rings is 1. The van der Waals surface area contributed by atoms with Crippen molar-refractivity contribution >= 4 is 23.2 Å². The zero-order valence-electron chi connectivity index (χ0n) is 16.3. The van der Waals surface area contributed by atoms with Crippen LogP contribution in [0, 0.1) is 12.8 Å². The van der Waals surface area contributed by atoms with E-state index in [1.165, 1.54) is 12.5 Å². The van der Waals surface area contributed by atoms with Crippen LogP contribution in [-0.4, -0.2) is 34.8 Å². The first-order valence-corrected chi connectivity index (χ1v) is 10.6. The van der Waals surface area contributed by atoms with Crippen LogP contribution >= 0.6 is 11.3 Å². The van der Waals surface area contributed by atoms with Crippen molar-refractivity contribution in [2.24, 2.45) is 5.92 Å². The number of furan rings is 1. The quantitative estimate of drug-likeness (QED) is 0.694. The molecule has 2 aromatic heterocycles. The maximum atomic E-state index is 12.6. The predicted octanol–water partition coefficient (Wildman–Crippen LogP) is 3.88. The zero-order chi connectivity index (χ0) is 20.2. The Labute approximate surface area is 173 Å². The Morgan fingerprint density at radius 1 is 1.28 bits per heavy atom. The molecule has 0 saturated carbocycles. The first kappa shape index (κ1) is 19.4. The highest BCUT2D eigenvalue weighted by Crippen LogP contribution is 2.22. The summed E-state index contributed by atoms with van der Waals surface area (Å²) in [5.74, 6) is -0.269. The summed E-state index contributed by atoms with van der Waals surface area (Å²) in [4.78, 5) is 31.4. The zero-order valence-corrected chi connectivity index (χ0v) is 17.1. The van der Waals surface area contributed by atoms with Crippen LogP contribution in [0.1, 0.15) is 33.8 Å². The Morgan fingerprint density at radius 2 is 2.10 bits per heavy atom. The summed E-state index contributed by atoms with van der Waals surface area (Å²) < 4.78 is 5.00. The van der Waals surface area contributed by atoms with Gasteiger partial charge in [-0.2, -0.15) is 0 Å². The van der Waals surface area contributed by atoms with E-state index in [1.54, 1.807) is 22.3 Å². The highest BCUT2D eigenvalue weighted by Gasteiger charge is 2.29. The summed E-state index contributed by atoms with van der Waals surface area (Å²) in [5.41, 5.74) is 3.62. The van der Waals surface area contributed by atoms with Gasteiger partial charge in [-0.05, 0) is 31.4 Å².